The number of rotatable bonds is 5. The molecular formula is C20H21N5O4S. The molecule has 1 fully saturated rings. The van der Waals surface area contributed by atoms with Crippen molar-refractivity contribution in [3.8, 4) is 0 Å². The molecule has 2 aromatic heterocycles. The topological polar surface area (TPSA) is 133 Å². The second-order valence-electron chi connectivity index (χ2n) is 7.04. The van der Waals surface area contributed by atoms with Crippen molar-refractivity contribution in [2.45, 2.75) is 12.5 Å². The molecular weight excluding hydrogens is 406 g/mol. The van der Waals surface area contributed by atoms with Gasteiger partial charge in [-0.1, -0.05) is 30.3 Å². The molecule has 0 aliphatic carbocycles. The van der Waals surface area contributed by atoms with E-state index in [-0.39, 0.29) is 23.8 Å². The number of nitrogens with zero attached hydrogens (tertiary/aromatic N) is 4. The Morgan fingerprint density at radius 2 is 1.83 bits per heavy atom. The number of aromatic nitrogens is 2. The monoisotopic (exact) mass is 427 g/mol. The van der Waals surface area contributed by atoms with Crippen LogP contribution in [-0.2, 0) is 4.79 Å². The third-order valence-corrected chi connectivity index (χ3v) is 6.02. The van der Waals surface area contributed by atoms with Crippen LogP contribution < -0.4 is 10.6 Å². The zero-order valence-corrected chi connectivity index (χ0v) is 16.9. The third-order valence-electron chi connectivity index (χ3n) is 5.15. The highest BCUT2D eigenvalue weighted by Crippen LogP contribution is 2.33. The van der Waals surface area contributed by atoms with E-state index in [9.17, 15) is 19.8 Å². The number of nitrogens with two attached hydrogens (primary N) is 1. The van der Waals surface area contributed by atoms with Gasteiger partial charge in [0.2, 0.25) is 11.9 Å². The predicted molar refractivity (Wildman–Crippen MR) is 114 cm³/mol. The average molecular weight is 427 g/mol. The zero-order valence-electron chi connectivity index (χ0n) is 16.1. The molecule has 9 nitrogen and oxygen atoms in total. The SMILES string of the molecule is Nc1nc(N2CCN(C(=O)CC(O)c3ccccc3)CC2)c2c(C(=O)O)csc2n1. The number of carboxylic acid groups (broad SMARTS) is 1. The number of amides is 1. The quantitative estimate of drug-likeness (QED) is 0.561. The lowest BCUT2D eigenvalue weighted by molar-refractivity contribution is -0.133. The molecule has 3 heterocycles. The van der Waals surface area contributed by atoms with Crippen LogP contribution in [-0.4, -0.2) is 63.1 Å². The Balaban J connectivity index is 1.47. The van der Waals surface area contributed by atoms with E-state index in [0.29, 0.717) is 47.8 Å². The van der Waals surface area contributed by atoms with Crippen LogP contribution in [0.1, 0.15) is 28.4 Å². The van der Waals surface area contributed by atoms with Gasteiger partial charge in [0.05, 0.1) is 23.5 Å². The van der Waals surface area contributed by atoms with Gasteiger partial charge in [-0.3, -0.25) is 4.79 Å². The first kappa shape index (κ1) is 20.0. The molecule has 10 heteroatoms. The van der Waals surface area contributed by atoms with Crippen molar-refractivity contribution >= 4 is 45.2 Å². The standard InChI is InChI=1S/C20H21N5O4S/c21-20-22-17(16-13(19(28)29)11-30-18(16)23-20)25-8-6-24(7-9-25)15(27)10-14(26)12-4-2-1-3-5-12/h1-5,11,14,26H,6-10H2,(H,28,29)(H2,21,22,23). The van der Waals surface area contributed by atoms with Crippen LogP contribution in [0.2, 0.25) is 0 Å². The Labute approximate surface area is 176 Å². The lowest BCUT2D eigenvalue weighted by Crippen LogP contribution is -2.49. The number of hydrogen-bond donors (Lipinski definition) is 3. The number of hydrogen-bond acceptors (Lipinski definition) is 8. The Morgan fingerprint density at radius 3 is 2.50 bits per heavy atom. The average Bonchev–Trinajstić information content (AvgIpc) is 3.18. The fourth-order valence-corrected chi connectivity index (χ4v) is 4.49. The second kappa shape index (κ2) is 8.25. The molecule has 1 aromatic carbocycles. The first-order valence-corrected chi connectivity index (χ1v) is 10.4. The predicted octanol–water partition coefficient (Wildman–Crippen LogP) is 1.74. The van der Waals surface area contributed by atoms with Crippen LogP contribution in [0.4, 0.5) is 11.8 Å². The van der Waals surface area contributed by atoms with Crippen molar-refractivity contribution in [3.05, 3.63) is 46.8 Å². The van der Waals surface area contributed by atoms with Crippen LogP contribution in [0.5, 0.6) is 0 Å². The zero-order chi connectivity index (χ0) is 21.3. The number of carbonyl (C=O) groups is 2. The van der Waals surface area contributed by atoms with E-state index in [1.165, 1.54) is 16.7 Å². The van der Waals surface area contributed by atoms with Gasteiger partial charge in [0.1, 0.15) is 10.6 Å². The van der Waals surface area contributed by atoms with Crippen molar-refractivity contribution in [1.29, 1.82) is 0 Å². The molecule has 1 amide bonds. The van der Waals surface area contributed by atoms with Gasteiger partial charge in [0.15, 0.2) is 0 Å². The fraction of sp³-hybridized carbons (Fsp3) is 0.300. The smallest absolute Gasteiger partial charge is 0.337 e. The molecule has 4 rings (SSSR count). The fourth-order valence-electron chi connectivity index (χ4n) is 3.58. The Bertz CT molecular complexity index is 1080. The number of fused-ring (bicyclic) bond motifs is 1. The van der Waals surface area contributed by atoms with Crippen molar-refractivity contribution in [1.82, 2.24) is 14.9 Å². The van der Waals surface area contributed by atoms with E-state index in [1.54, 1.807) is 17.0 Å². The molecule has 1 saturated heterocycles. The van der Waals surface area contributed by atoms with Gasteiger partial charge in [-0.2, -0.15) is 4.98 Å². The summed E-state index contributed by atoms with van der Waals surface area (Å²) in [5.74, 6) is -0.604. The number of carboxylic acids is 1. The molecule has 0 saturated carbocycles. The maximum absolute atomic E-state index is 12.6. The summed E-state index contributed by atoms with van der Waals surface area (Å²) in [5.41, 5.74) is 6.68. The number of aromatic carboxylic acids is 1. The van der Waals surface area contributed by atoms with Gasteiger partial charge >= 0.3 is 5.97 Å². The van der Waals surface area contributed by atoms with E-state index < -0.39 is 12.1 Å². The van der Waals surface area contributed by atoms with E-state index in [2.05, 4.69) is 9.97 Å². The van der Waals surface area contributed by atoms with E-state index in [0.717, 1.165) is 0 Å². The summed E-state index contributed by atoms with van der Waals surface area (Å²) in [6, 6.07) is 9.10. The molecule has 30 heavy (non-hydrogen) atoms. The van der Waals surface area contributed by atoms with Crippen molar-refractivity contribution in [2.75, 3.05) is 36.8 Å². The third kappa shape index (κ3) is 3.91. The largest absolute Gasteiger partial charge is 0.478 e. The maximum Gasteiger partial charge on any atom is 0.337 e. The number of aliphatic hydroxyl groups excluding tert-OH is 1. The number of carbonyl (C=O) groups excluding carboxylic acids is 1. The van der Waals surface area contributed by atoms with Gasteiger partial charge in [0.25, 0.3) is 0 Å². The highest BCUT2D eigenvalue weighted by atomic mass is 32.1. The summed E-state index contributed by atoms with van der Waals surface area (Å²) in [6.07, 6.45) is -0.829. The van der Waals surface area contributed by atoms with Crippen molar-refractivity contribution in [3.63, 3.8) is 0 Å². The number of aliphatic hydroxyl groups is 1. The maximum atomic E-state index is 12.6. The minimum atomic E-state index is -1.04. The minimum Gasteiger partial charge on any atom is -0.478 e. The van der Waals surface area contributed by atoms with Crippen LogP contribution in [0.25, 0.3) is 10.2 Å². The molecule has 1 aliphatic rings. The van der Waals surface area contributed by atoms with Gasteiger partial charge < -0.3 is 25.7 Å². The first-order chi connectivity index (χ1) is 14.4. The highest BCUT2D eigenvalue weighted by Gasteiger charge is 2.27. The Hall–Kier alpha value is -3.24. The summed E-state index contributed by atoms with van der Waals surface area (Å²) < 4.78 is 0. The molecule has 0 bridgehead atoms. The number of piperazine rings is 1. The first-order valence-electron chi connectivity index (χ1n) is 9.47. The van der Waals surface area contributed by atoms with E-state index in [4.69, 9.17) is 5.73 Å². The molecule has 0 spiro atoms. The summed E-state index contributed by atoms with van der Waals surface area (Å²) in [7, 11) is 0. The molecule has 0 radical (unpaired) electrons. The van der Waals surface area contributed by atoms with Gasteiger partial charge in [-0.25, -0.2) is 9.78 Å². The van der Waals surface area contributed by atoms with Crippen LogP contribution in [0.3, 0.4) is 0 Å². The molecule has 3 aromatic rings. The minimum absolute atomic E-state index is 0.0163. The van der Waals surface area contributed by atoms with Gasteiger partial charge in [-0.05, 0) is 5.56 Å². The van der Waals surface area contributed by atoms with E-state index in [1.807, 2.05) is 23.1 Å². The molecule has 1 atom stereocenters. The van der Waals surface area contributed by atoms with Crippen LogP contribution in [0.15, 0.2) is 35.7 Å². The van der Waals surface area contributed by atoms with Crippen LogP contribution in [0, 0.1) is 0 Å². The summed E-state index contributed by atoms with van der Waals surface area (Å²) in [4.78, 5) is 36.8. The number of benzene rings is 1. The van der Waals surface area contributed by atoms with E-state index >= 15 is 0 Å². The normalized spacial score (nSPS) is 15.4. The van der Waals surface area contributed by atoms with Gasteiger partial charge in [0, 0.05) is 31.6 Å². The lowest BCUT2D eigenvalue weighted by atomic mass is 10.1. The number of anilines is 2. The summed E-state index contributed by atoms with van der Waals surface area (Å²) >= 11 is 1.21. The lowest BCUT2D eigenvalue weighted by Gasteiger charge is -2.36. The number of thiophene rings is 1. The summed E-state index contributed by atoms with van der Waals surface area (Å²) in [5, 5.41) is 21.8. The molecule has 1 unspecified atom stereocenters. The van der Waals surface area contributed by atoms with Crippen molar-refractivity contribution < 1.29 is 19.8 Å². The number of nitrogen functional groups attached to an aromatic ring is 1. The highest BCUT2D eigenvalue weighted by molar-refractivity contribution is 7.17. The van der Waals surface area contributed by atoms with Crippen LogP contribution >= 0.6 is 11.3 Å². The molecule has 156 valence electrons. The summed E-state index contributed by atoms with van der Waals surface area (Å²) in [6.45, 7) is 1.85. The van der Waals surface area contributed by atoms with Crippen molar-refractivity contribution in [2.24, 2.45) is 0 Å². The molecule has 4 N–H and O–H groups in total. The molecule has 1 aliphatic heterocycles. The Kier molecular flexibility index (Phi) is 5.51. The van der Waals surface area contributed by atoms with Gasteiger partial charge in [-0.15, -0.1) is 11.3 Å². The Morgan fingerprint density at radius 1 is 1.13 bits per heavy atom. The second-order valence-corrected chi connectivity index (χ2v) is 7.90.